The van der Waals surface area contributed by atoms with Crippen LogP contribution in [0.15, 0.2) is 36.5 Å². The predicted molar refractivity (Wildman–Crippen MR) is 73.3 cm³/mol. The fraction of sp³-hybridized carbons (Fsp3) is 0.267. The van der Waals surface area contributed by atoms with Gasteiger partial charge in [-0.3, -0.25) is 0 Å². The van der Waals surface area contributed by atoms with E-state index in [2.05, 4.69) is 11.9 Å². The van der Waals surface area contributed by atoms with Crippen molar-refractivity contribution in [3.63, 3.8) is 0 Å². The molecule has 2 rings (SSSR count). The minimum Gasteiger partial charge on any atom is -0.384 e. The minimum absolute atomic E-state index is 0.382. The van der Waals surface area contributed by atoms with Gasteiger partial charge in [-0.05, 0) is 36.1 Å². The number of nitrogens with two attached hydrogens (primary N) is 1. The summed E-state index contributed by atoms with van der Waals surface area (Å²) in [6.45, 7) is 4.04. The Morgan fingerprint density at radius 1 is 1.28 bits per heavy atom. The van der Waals surface area contributed by atoms with Gasteiger partial charge in [0.05, 0.1) is 0 Å². The molecule has 0 bridgehead atoms. The van der Waals surface area contributed by atoms with Crippen molar-refractivity contribution in [2.45, 2.75) is 26.4 Å². The van der Waals surface area contributed by atoms with Crippen LogP contribution >= 0.6 is 0 Å². The molecular formula is C15H18N2O. The maximum atomic E-state index is 10.3. The van der Waals surface area contributed by atoms with Gasteiger partial charge in [-0.15, -0.1) is 0 Å². The Balaban J connectivity index is 2.34. The molecule has 1 aromatic heterocycles. The van der Waals surface area contributed by atoms with E-state index in [0.717, 1.165) is 17.5 Å². The van der Waals surface area contributed by atoms with E-state index >= 15 is 0 Å². The van der Waals surface area contributed by atoms with Gasteiger partial charge in [0.2, 0.25) is 0 Å². The van der Waals surface area contributed by atoms with Gasteiger partial charge < -0.3 is 10.8 Å². The van der Waals surface area contributed by atoms with Gasteiger partial charge in [0, 0.05) is 11.8 Å². The van der Waals surface area contributed by atoms with Gasteiger partial charge in [-0.1, -0.05) is 31.2 Å². The Labute approximate surface area is 107 Å². The number of aliphatic hydroxyl groups excluding tert-OH is 1. The van der Waals surface area contributed by atoms with E-state index in [0.29, 0.717) is 11.4 Å². The van der Waals surface area contributed by atoms with Crippen LogP contribution in [-0.4, -0.2) is 10.1 Å². The van der Waals surface area contributed by atoms with Crippen molar-refractivity contribution in [2.75, 3.05) is 5.73 Å². The number of nitrogen functional groups attached to an aromatic ring is 1. The smallest absolute Gasteiger partial charge is 0.129 e. The Morgan fingerprint density at radius 3 is 2.56 bits per heavy atom. The second-order valence-corrected chi connectivity index (χ2v) is 4.48. The van der Waals surface area contributed by atoms with Gasteiger partial charge in [0.15, 0.2) is 0 Å². The van der Waals surface area contributed by atoms with E-state index in [1.165, 1.54) is 5.56 Å². The van der Waals surface area contributed by atoms with E-state index in [1.54, 1.807) is 6.20 Å². The maximum Gasteiger partial charge on any atom is 0.129 e. The summed E-state index contributed by atoms with van der Waals surface area (Å²) in [5, 5.41) is 10.3. The van der Waals surface area contributed by atoms with Gasteiger partial charge in [-0.25, -0.2) is 4.98 Å². The Kier molecular flexibility index (Phi) is 3.63. The Bertz CT molecular complexity index is 535. The SMILES string of the molecule is CCc1ccc(C(O)c2cc(C)cnc2N)cc1. The first-order chi connectivity index (χ1) is 8.61. The second kappa shape index (κ2) is 5.19. The first kappa shape index (κ1) is 12.6. The molecule has 0 aliphatic rings. The number of aromatic nitrogens is 1. The average molecular weight is 242 g/mol. The van der Waals surface area contributed by atoms with Crippen molar-refractivity contribution in [1.29, 1.82) is 0 Å². The van der Waals surface area contributed by atoms with Crippen LogP contribution in [0.5, 0.6) is 0 Å². The maximum absolute atomic E-state index is 10.3. The van der Waals surface area contributed by atoms with E-state index in [9.17, 15) is 5.11 Å². The molecular weight excluding hydrogens is 224 g/mol. The summed E-state index contributed by atoms with van der Waals surface area (Å²) in [7, 11) is 0. The van der Waals surface area contributed by atoms with Crippen LogP contribution in [0.25, 0.3) is 0 Å². The molecule has 1 aromatic carbocycles. The summed E-state index contributed by atoms with van der Waals surface area (Å²) >= 11 is 0. The summed E-state index contributed by atoms with van der Waals surface area (Å²) < 4.78 is 0. The number of aryl methyl sites for hydroxylation is 2. The number of anilines is 1. The summed E-state index contributed by atoms with van der Waals surface area (Å²) in [5.74, 6) is 0.382. The molecule has 0 saturated carbocycles. The number of hydrogen-bond donors (Lipinski definition) is 2. The largest absolute Gasteiger partial charge is 0.384 e. The molecule has 94 valence electrons. The van der Waals surface area contributed by atoms with Crippen molar-refractivity contribution in [3.8, 4) is 0 Å². The van der Waals surface area contributed by atoms with E-state index in [1.807, 2.05) is 37.3 Å². The molecule has 1 atom stereocenters. The molecule has 0 aliphatic heterocycles. The van der Waals surface area contributed by atoms with Gasteiger partial charge in [0.1, 0.15) is 11.9 Å². The number of pyridine rings is 1. The van der Waals surface area contributed by atoms with Crippen LogP contribution in [0.2, 0.25) is 0 Å². The lowest BCUT2D eigenvalue weighted by Crippen LogP contribution is -2.06. The summed E-state index contributed by atoms with van der Waals surface area (Å²) in [6, 6.07) is 9.80. The van der Waals surface area contributed by atoms with Crippen molar-refractivity contribution < 1.29 is 5.11 Å². The zero-order valence-corrected chi connectivity index (χ0v) is 10.7. The van der Waals surface area contributed by atoms with Crippen LogP contribution in [0, 0.1) is 6.92 Å². The van der Waals surface area contributed by atoms with Crippen LogP contribution in [-0.2, 0) is 6.42 Å². The lowest BCUT2D eigenvalue weighted by Gasteiger charge is -2.14. The number of rotatable bonds is 3. The standard InChI is InChI=1S/C15H18N2O/c1-3-11-4-6-12(7-5-11)14(18)13-8-10(2)9-17-15(13)16/h4-9,14,18H,3H2,1-2H3,(H2,16,17). The van der Waals surface area contributed by atoms with Crippen molar-refractivity contribution >= 4 is 5.82 Å². The molecule has 1 heterocycles. The summed E-state index contributed by atoms with van der Waals surface area (Å²) in [5.41, 5.74) is 9.56. The molecule has 0 saturated heterocycles. The quantitative estimate of drug-likeness (QED) is 0.869. The first-order valence-electron chi connectivity index (χ1n) is 6.10. The molecule has 3 heteroatoms. The van der Waals surface area contributed by atoms with Crippen LogP contribution in [0.3, 0.4) is 0 Å². The highest BCUT2D eigenvalue weighted by Gasteiger charge is 2.14. The van der Waals surface area contributed by atoms with E-state index in [4.69, 9.17) is 5.73 Å². The summed E-state index contributed by atoms with van der Waals surface area (Å²) in [4.78, 5) is 4.08. The second-order valence-electron chi connectivity index (χ2n) is 4.48. The zero-order valence-electron chi connectivity index (χ0n) is 10.7. The zero-order chi connectivity index (χ0) is 13.1. The molecule has 0 spiro atoms. The number of nitrogens with zero attached hydrogens (tertiary/aromatic N) is 1. The molecule has 0 radical (unpaired) electrons. The lowest BCUT2D eigenvalue weighted by atomic mass is 9.99. The topological polar surface area (TPSA) is 59.1 Å². The molecule has 18 heavy (non-hydrogen) atoms. The monoisotopic (exact) mass is 242 g/mol. The normalized spacial score (nSPS) is 12.4. The fourth-order valence-corrected chi connectivity index (χ4v) is 1.94. The molecule has 1 unspecified atom stereocenters. The highest BCUT2D eigenvalue weighted by Crippen LogP contribution is 2.26. The highest BCUT2D eigenvalue weighted by atomic mass is 16.3. The molecule has 0 amide bonds. The van der Waals surface area contributed by atoms with Crippen molar-refractivity contribution in [2.24, 2.45) is 0 Å². The molecule has 0 fully saturated rings. The van der Waals surface area contributed by atoms with Crippen molar-refractivity contribution in [1.82, 2.24) is 4.98 Å². The molecule has 0 aliphatic carbocycles. The molecule has 3 N–H and O–H groups in total. The Hall–Kier alpha value is -1.87. The van der Waals surface area contributed by atoms with Crippen molar-refractivity contribution in [3.05, 3.63) is 58.8 Å². The van der Waals surface area contributed by atoms with Gasteiger partial charge >= 0.3 is 0 Å². The third-order valence-corrected chi connectivity index (χ3v) is 3.08. The lowest BCUT2D eigenvalue weighted by molar-refractivity contribution is 0.220. The fourth-order valence-electron chi connectivity index (χ4n) is 1.94. The highest BCUT2D eigenvalue weighted by molar-refractivity contribution is 5.46. The third-order valence-electron chi connectivity index (χ3n) is 3.08. The van der Waals surface area contributed by atoms with E-state index < -0.39 is 6.10 Å². The van der Waals surface area contributed by atoms with Crippen LogP contribution < -0.4 is 5.73 Å². The van der Waals surface area contributed by atoms with E-state index in [-0.39, 0.29) is 0 Å². The molecule has 3 nitrogen and oxygen atoms in total. The Morgan fingerprint density at radius 2 is 1.94 bits per heavy atom. The average Bonchev–Trinajstić information content (AvgIpc) is 2.41. The summed E-state index contributed by atoms with van der Waals surface area (Å²) in [6.07, 6.45) is 1.97. The third kappa shape index (κ3) is 2.51. The van der Waals surface area contributed by atoms with Crippen LogP contribution in [0.4, 0.5) is 5.82 Å². The van der Waals surface area contributed by atoms with Crippen LogP contribution in [0.1, 0.15) is 35.3 Å². The van der Waals surface area contributed by atoms with Gasteiger partial charge in [0.25, 0.3) is 0 Å². The first-order valence-corrected chi connectivity index (χ1v) is 6.10. The van der Waals surface area contributed by atoms with Gasteiger partial charge in [-0.2, -0.15) is 0 Å². The number of hydrogen-bond acceptors (Lipinski definition) is 3. The predicted octanol–water partition coefficient (Wildman–Crippen LogP) is 2.62. The number of benzene rings is 1. The molecule has 2 aromatic rings. The minimum atomic E-state index is -0.719. The number of aliphatic hydroxyl groups is 1.